The summed E-state index contributed by atoms with van der Waals surface area (Å²) in [4.78, 5) is 4.19. The number of anilines is 2. The van der Waals surface area contributed by atoms with Gasteiger partial charge in [0, 0.05) is 17.6 Å². The van der Waals surface area contributed by atoms with E-state index in [1.54, 1.807) is 17.5 Å². The summed E-state index contributed by atoms with van der Waals surface area (Å²) in [5.41, 5.74) is 6.65. The maximum Gasteiger partial charge on any atom is 0.143 e. The van der Waals surface area contributed by atoms with E-state index in [2.05, 4.69) is 10.3 Å². The van der Waals surface area contributed by atoms with E-state index in [0.29, 0.717) is 11.4 Å². The molecule has 3 N–H and O–H groups in total. The first-order valence-corrected chi connectivity index (χ1v) is 6.24. The monoisotopic (exact) mass is 271 g/mol. The highest BCUT2D eigenvalue weighted by molar-refractivity contribution is 7.09. The summed E-state index contributed by atoms with van der Waals surface area (Å²) in [6.07, 6.45) is 1.74. The quantitative estimate of drug-likeness (QED) is 0.837. The highest BCUT2D eigenvalue weighted by Gasteiger charge is 2.11. The van der Waals surface area contributed by atoms with Gasteiger partial charge in [0.15, 0.2) is 0 Å². The Kier molecular flexibility index (Phi) is 3.49. The van der Waals surface area contributed by atoms with E-state index < -0.39 is 5.82 Å². The van der Waals surface area contributed by atoms with Crippen LogP contribution in [0.4, 0.5) is 15.8 Å². The summed E-state index contributed by atoms with van der Waals surface area (Å²) in [6, 6.07) is 2.69. The number of nitrogens with two attached hydrogens (primary N) is 1. The molecule has 17 heavy (non-hydrogen) atoms. The normalized spacial score (nSPS) is 12.4. The Balaban J connectivity index is 2.22. The van der Waals surface area contributed by atoms with E-state index in [9.17, 15) is 4.39 Å². The average Bonchev–Trinajstić information content (AvgIpc) is 2.79. The Morgan fingerprint density at radius 2 is 2.29 bits per heavy atom. The lowest BCUT2D eigenvalue weighted by atomic mass is 10.2. The molecule has 1 heterocycles. The zero-order valence-electron chi connectivity index (χ0n) is 9.08. The Labute approximate surface area is 107 Å². The molecule has 2 aromatic rings. The fourth-order valence-corrected chi connectivity index (χ4v) is 2.24. The molecule has 0 aliphatic heterocycles. The number of nitrogens with one attached hydrogen (secondary N) is 1. The maximum absolute atomic E-state index is 13.1. The minimum absolute atomic E-state index is 0.00109. The number of rotatable bonds is 3. The lowest BCUT2D eigenvalue weighted by Gasteiger charge is -2.15. The van der Waals surface area contributed by atoms with Crippen LogP contribution in [0.2, 0.25) is 5.02 Å². The van der Waals surface area contributed by atoms with E-state index in [1.807, 2.05) is 12.3 Å². The minimum Gasteiger partial charge on any atom is -0.397 e. The Morgan fingerprint density at radius 3 is 2.94 bits per heavy atom. The SMILES string of the molecule is CC(Nc1cc(Cl)c(F)cc1N)c1nccs1. The zero-order chi connectivity index (χ0) is 12.4. The number of nitrogens with zero attached hydrogens (tertiary/aromatic N) is 1. The molecule has 0 fully saturated rings. The van der Waals surface area contributed by atoms with Crippen LogP contribution < -0.4 is 11.1 Å². The van der Waals surface area contributed by atoms with Crippen molar-refractivity contribution < 1.29 is 4.39 Å². The molecule has 0 amide bonds. The number of benzene rings is 1. The number of thiazole rings is 1. The van der Waals surface area contributed by atoms with Gasteiger partial charge >= 0.3 is 0 Å². The van der Waals surface area contributed by atoms with Gasteiger partial charge in [0.05, 0.1) is 22.4 Å². The van der Waals surface area contributed by atoms with Crippen LogP contribution in [0, 0.1) is 5.82 Å². The smallest absolute Gasteiger partial charge is 0.143 e. The molecule has 1 aromatic heterocycles. The van der Waals surface area contributed by atoms with Crippen LogP contribution >= 0.6 is 22.9 Å². The van der Waals surface area contributed by atoms with Crippen molar-refractivity contribution in [3.8, 4) is 0 Å². The van der Waals surface area contributed by atoms with Crippen LogP contribution in [-0.4, -0.2) is 4.98 Å². The number of hydrogen-bond acceptors (Lipinski definition) is 4. The van der Waals surface area contributed by atoms with Crippen molar-refractivity contribution in [3.63, 3.8) is 0 Å². The van der Waals surface area contributed by atoms with Crippen molar-refractivity contribution in [3.05, 3.63) is 39.6 Å². The number of aromatic nitrogens is 1. The summed E-state index contributed by atoms with van der Waals surface area (Å²) >= 11 is 7.25. The molecule has 1 atom stereocenters. The van der Waals surface area contributed by atoms with Crippen molar-refractivity contribution in [2.24, 2.45) is 0 Å². The average molecular weight is 272 g/mol. The van der Waals surface area contributed by atoms with Crippen LogP contribution in [0.5, 0.6) is 0 Å². The lowest BCUT2D eigenvalue weighted by molar-refractivity contribution is 0.629. The highest BCUT2D eigenvalue weighted by Crippen LogP contribution is 2.29. The fraction of sp³-hybridized carbons (Fsp3) is 0.182. The number of nitrogen functional groups attached to an aromatic ring is 1. The van der Waals surface area contributed by atoms with E-state index >= 15 is 0 Å². The van der Waals surface area contributed by atoms with Gasteiger partial charge in [-0.3, -0.25) is 0 Å². The molecule has 0 saturated heterocycles. The molecule has 90 valence electrons. The molecule has 0 aliphatic carbocycles. The van der Waals surface area contributed by atoms with Crippen LogP contribution in [0.3, 0.4) is 0 Å². The molecule has 1 unspecified atom stereocenters. The fourth-order valence-electron chi connectivity index (χ4n) is 1.43. The van der Waals surface area contributed by atoms with Gasteiger partial charge in [-0.25, -0.2) is 9.37 Å². The van der Waals surface area contributed by atoms with Gasteiger partial charge in [-0.2, -0.15) is 0 Å². The van der Waals surface area contributed by atoms with Gasteiger partial charge in [-0.1, -0.05) is 11.6 Å². The van der Waals surface area contributed by atoms with E-state index in [1.165, 1.54) is 12.1 Å². The molecule has 6 heteroatoms. The predicted octanol–water partition coefficient (Wildman–Crippen LogP) is 3.69. The molecular weight excluding hydrogens is 261 g/mol. The van der Waals surface area contributed by atoms with Crippen molar-refractivity contribution in [2.45, 2.75) is 13.0 Å². The van der Waals surface area contributed by atoms with Crippen molar-refractivity contribution >= 4 is 34.3 Å². The zero-order valence-corrected chi connectivity index (χ0v) is 10.6. The van der Waals surface area contributed by atoms with E-state index in [0.717, 1.165) is 5.01 Å². The van der Waals surface area contributed by atoms with Gasteiger partial charge in [-0.15, -0.1) is 11.3 Å². The van der Waals surface area contributed by atoms with Crippen LogP contribution in [0.15, 0.2) is 23.7 Å². The van der Waals surface area contributed by atoms with E-state index in [-0.39, 0.29) is 11.1 Å². The van der Waals surface area contributed by atoms with Gasteiger partial charge in [0.1, 0.15) is 10.8 Å². The third kappa shape index (κ3) is 2.68. The molecule has 0 saturated carbocycles. The number of halogens is 2. The Hall–Kier alpha value is -1.33. The van der Waals surface area contributed by atoms with Crippen LogP contribution in [-0.2, 0) is 0 Å². The molecule has 2 rings (SSSR count). The van der Waals surface area contributed by atoms with Gasteiger partial charge in [-0.05, 0) is 13.0 Å². The third-order valence-corrected chi connectivity index (χ3v) is 3.53. The summed E-state index contributed by atoms with van der Waals surface area (Å²) in [5, 5.41) is 6.03. The maximum atomic E-state index is 13.1. The topological polar surface area (TPSA) is 50.9 Å². The summed E-state index contributed by atoms with van der Waals surface area (Å²) in [7, 11) is 0. The first kappa shape index (κ1) is 12.1. The third-order valence-electron chi connectivity index (χ3n) is 2.29. The molecule has 0 spiro atoms. The first-order valence-electron chi connectivity index (χ1n) is 4.98. The first-order chi connectivity index (χ1) is 8.08. The lowest BCUT2D eigenvalue weighted by Crippen LogP contribution is -2.08. The molecule has 1 aromatic carbocycles. The van der Waals surface area contributed by atoms with Gasteiger partial charge < -0.3 is 11.1 Å². The molecule has 0 aliphatic rings. The summed E-state index contributed by atoms with van der Waals surface area (Å²) in [6.45, 7) is 1.95. The summed E-state index contributed by atoms with van der Waals surface area (Å²) < 4.78 is 13.1. The van der Waals surface area contributed by atoms with Gasteiger partial charge in [0.2, 0.25) is 0 Å². The second kappa shape index (κ2) is 4.89. The minimum atomic E-state index is -0.517. The Morgan fingerprint density at radius 1 is 1.53 bits per heavy atom. The standard InChI is InChI=1S/C11H11ClFN3S/c1-6(11-15-2-3-17-11)16-10-4-7(12)8(13)5-9(10)14/h2-6,16H,14H2,1H3. The molecule has 3 nitrogen and oxygen atoms in total. The Bertz CT molecular complexity index is 516. The molecule has 0 radical (unpaired) electrons. The highest BCUT2D eigenvalue weighted by atomic mass is 35.5. The molecular formula is C11H11ClFN3S. The van der Waals surface area contributed by atoms with Gasteiger partial charge in [0.25, 0.3) is 0 Å². The van der Waals surface area contributed by atoms with E-state index in [4.69, 9.17) is 17.3 Å². The largest absolute Gasteiger partial charge is 0.397 e. The van der Waals surface area contributed by atoms with Crippen LogP contribution in [0.25, 0.3) is 0 Å². The number of hydrogen-bond donors (Lipinski definition) is 2. The van der Waals surface area contributed by atoms with Crippen molar-refractivity contribution in [2.75, 3.05) is 11.1 Å². The second-order valence-electron chi connectivity index (χ2n) is 3.59. The molecule has 0 bridgehead atoms. The van der Waals surface area contributed by atoms with Crippen molar-refractivity contribution in [1.29, 1.82) is 0 Å². The van der Waals surface area contributed by atoms with Crippen molar-refractivity contribution in [1.82, 2.24) is 4.98 Å². The summed E-state index contributed by atoms with van der Waals surface area (Å²) in [5.74, 6) is -0.517. The second-order valence-corrected chi connectivity index (χ2v) is 4.92. The predicted molar refractivity (Wildman–Crippen MR) is 70.0 cm³/mol. The van der Waals surface area contributed by atoms with Crippen LogP contribution in [0.1, 0.15) is 18.0 Å².